The summed E-state index contributed by atoms with van der Waals surface area (Å²) in [4.78, 5) is -0.184. The van der Waals surface area contributed by atoms with Crippen molar-refractivity contribution in [1.29, 1.82) is 0 Å². The fourth-order valence-corrected chi connectivity index (χ4v) is 3.66. The topological polar surface area (TPSA) is 81.4 Å². The third kappa shape index (κ3) is 2.66. The summed E-state index contributed by atoms with van der Waals surface area (Å²) in [7, 11) is -2.50. The Kier molecular flexibility index (Phi) is 3.44. The number of benzene rings is 1. The molecule has 5 nitrogen and oxygen atoms in total. The minimum absolute atomic E-state index is 0.0402. The van der Waals surface area contributed by atoms with Gasteiger partial charge in [-0.3, -0.25) is 0 Å². The van der Waals surface area contributed by atoms with Crippen molar-refractivity contribution >= 4 is 15.7 Å². The van der Waals surface area contributed by atoms with Crippen molar-refractivity contribution < 1.29 is 17.5 Å². The van der Waals surface area contributed by atoms with Gasteiger partial charge < -0.3 is 10.5 Å². The van der Waals surface area contributed by atoms with Crippen LogP contribution in [0.1, 0.15) is 26.2 Å². The summed E-state index contributed by atoms with van der Waals surface area (Å²) in [6, 6.07) is 2.12. The predicted octanol–water partition coefficient (Wildman–Crippen LogP) is 1.64. The lowest BCUT2D eigenvalue weighted by Crippen LogP contribution is -2.50. The number of ether oxygens (including phenoxy) is 1. The van der Waals surface area contributed by atoms with E-state index >= 15 is 0 Å². The summed E-state index contributed by atoms with van der Waals surface area (Å²) in [5.41, 5.74) is 5.10. The number of hydrogen-bond acceptors (Lipinski definition) is 4. The van der Waals surface area contributed by atoms with Crippen LogP contribution in [0.3, 0.4) is 0 Å². The highest BCUT2D eigenvalue weighted by Crippen LogP contribution is 2.34. The molecule has 0 atom stereocenters. The molecule has 1 aliphatic rings. The maximum absolute atomic E-state index is 13.7. The molecule has 106 valence electrons. The first-order valence-corrected chi connectivity index (χ1v) is 7.43. The summed E-state index contributed by atoms with van der Waals surface area (Å²) < 4.78 is 45.4. The Morgan fingerprint density at radius 1 is 1.42 bits per heavy atom. The van der Waals surface area contributed by atoms with E-state index in [0.717, 1.165) is 25.3 Å². The quantitative estimate of drug-likeness (QED) is 0.825. The summed E-state index contributed by atoms with van der Waals surface area (Å²) in [6.07, 6.45) is 2.54. The second-order valence-corrected chi connectivity index (χ2v) is 6.73. The molecule has 1 aromatic rings. The van der Waals surface area contributed by atoms with E-state index in [1.165, 1.54) is 13.2 Å². The third-order valence-electron chi connectivity index (χ3n) is 3.40. The van der Waals surface area contributed by atoms with Crippen LogP contribution in [0, 0.1) is 5.82 Å². The first-order valence-electron chi connectivity index (χ1n) is 5.94. The molecule has 0 heterocycles. The van der Waals surface area contributed by atoms with Gasteiger partial charge in [0.2, 0.25) is 10.0 Å². The van der Waals surface area contributed by atoms with Crippen LogP contribution in [0.2, 0.25) is 0 Å². The standard InChI is InChI=1S/C12H17FN2O3S/c1-12(4-3-5-12)15-19(16,17)8-6-9(13)11(18-2)10(14)7-8/h6-7,15H,3-5,14H2,1-2H3. The number of methoxy groups -OCH3 is 1. The Bertz CT molecular complexity index is 574. The number of nitrogen functional groups attached to an aromatic ring is 1. The molecular weight excluding hydrogens is 271 g/mol. The molecule has 0 unspecified atom stereocenters. The van der Waals surface area contributed by atoms with Crippen molar-refractivity contribution in [3.63, 3.8) is 0 Å². The van der Waals surface area contributed by atoms with Crippen LogP contribution in [0.4, 0.5) is 10.1 Å². The molecule has 1 aromatic carbocycles. The monoisotopic (exact) mass is 288 g/mol. The molecule has 0 bridgehead atoms. The van der Waals surface area contributed by atoms with E-state index in [-0.39, 0.29) is 16.3 Å². The van der Waals surface area contributed by atoms with Crippen LogP contribution in [0.5, 0.6) is 5.75 Å². The zero-order chi connectivity index (χ0) is 14.3. The summed E-state index contributed by atoms with van der Waals surface area (Å²) >= 11 is 0. The van der Waals surface area contributed by atoms with Crippen LogP contribution < -0.4 is 15.2 Å². The number of rotatable bonds is 4. The molecule has 2 rings (SSSR count). The maximum atomic E-state index is 13.7. The van der Waals surface area contributed by atoms with Gasteiger partial charge in [0, 0.05) is 5.54 Å². The highest BCUT2D eigenvalue weighted by molar-refractivity contribution is 7.89. The largest absolute Gasteiger partial charge is 0.492 e. The molecule has 0 saturated heterocycles. The lowest BCUT2D eigenvalue weighted by molar-refractivity contribution is 0.248. The summed E-state index contributed by atoms with van der Waals surface area (Å²) in [5.74, 6) is -0.935. The van der Waals surface area contributed by atoms with E-state index in [4.69, 9.17) is 10.5 Å². The average Bonchev–Trinajstić information content (AvgIpc) is 2.26. The second kappa shape index (κ2) is 4.64. The van der Waals surface area contributed by atoms with Crippen LogP contribution in [0.15, 0.2) is 17.0 Å². The van der Waals surface area contributed by atoms with E-state index in [1.54, 1.807) is 0 Å². The van der Waals surface area contributed by atoms with Gasteiger partial charge in [-0.15, -0.1) is 0 Å². The Morgan fingerprint density at radius 3 is 2.47 bits per heavy atom. The van der Waals surface area contributed by atoms with Gasteiger partial charge in [0.25, 0.3) is 0 Å². The fourth-order valence-electron chi connectivity index (χ4n) is 2.15. The number of anilines is 1. The van der Waals surface area contributed by atoms with Gasteiger partial charge in [-0.1, -0.05) is 0 Å². The fraction of sp³-hybridized carbons (Fsp3) is 0.500. The van der Waals surface area contributed by atoms with E-state index in [1.807, 2.05) is 6.92 Å². The lowest BCUT2D eigenvalue weighted by atomic mass is 9.80. The van der Waals surface area contributed by atoms with Gasteiger partial charge in [0.1, 0.15) is 0 Å². The van der Waals surface area contributed by atoms with E-state index in [2.05, 4.69) is 4.72 Å². The molecule has 0 aromatic heterocycles. The van der Waals surface area contributed by atoms with Crippen molar-refractivity contribution in [3.05, 3.63) is 17.9 Å². The summed E-state index contributed by atoms with van der Waals surface area (Å²) in [6.45, 7) is 1.83. The van der Waals surface area contributed by atoms with Crippen molar-refractivity contribution in [2.24, 2.45) is 0 Å². The molecule has 0 radical (unpaired) electrons. The molecule has 7 heteroatoms. The lowest BCUT2D eigenvalue weighted by Gasteiger charge is -2.38. The third-order valence-corrected chi connectivity index (χ3v) is 5.02. The van der Waals surface area contributed by atoms with Gasteiger partial charge in [0.05, 0.1) is 17.7 Å². The molecular formula is C12H17FN2O3S. The zero-order valence-corrected chi connectivity index (χ0v) is 11.7. The maximum Gasteiger partial charge on any atom is 0.241 e. The Balaban J connectivity index is 2.35. The molecule has 1 fully saturated rings. The predicted molar refractivity (Wildman–Crippen MR) is 69.9 cm³/mol. The van der Waals surface area contributed by atoms with Crippen molar-refractivity contribution in [3.8, 4) is 5.75 Å². The van der Waals surface area contributed by atoms with E-state index in [9.17, 15) is 12.8 Å². The molecule has 3 N–H and O–H groups in total. The first kappa shape index (κ1) is 14.1. The molecule has 1 saturated carbocycles. The molecule has 1 aliphatic carbocycles. The zero-order valence-electron chi connectivity index (χ0n) is 10.9. The van der Waals surface area contributed by atoms with Gasteiger partial charge in [-0.25, -0.2) is 17.5 Å². The molecule has 0 spiro atoms. The van der Waals surface area contributed by atoms with Crippen molar-refractivity contribution in [1.82, 2.24) is 4.72 Å². The smallest absolute Gasteiger partial charge is 0.241 e. The number of hydrogen-bond donors (Lipinski definition) is 2. The van der Waals surface area contributed by atoms with Gasteiger partial charge in [-0.05, 0) is 38.3 Å². The SMILES string of the molecule is COc1c(N)cc(S(=O)(=O)NC2(C)CCC2)cc1F. The van der Waals surface area contributed by atoms with Crippen LogP contribution >= 0.6 is 0 Å². The van der Waals surface area contributed by atoms with Crippen LogP contribution in [-0.4, -0.2) is 21.1 Å². The Hall–Kier alpha value is -1.34. The number of nitrogens with two attached hydrogens (primary N) is 1. The number of sulfonamides is 1. The Morgan fingerprint density at radius 2 is 2.05 bits per heavy atom. The van der Waals surface area contributed by atoms with Gasteiger partial charge in [-0.2, -0.15) is 0 Å². The van der Waals surface area contributed by atoms with Gasteiger partial charge in [0.15, 0.2) is 11.6 Å². The molecule has 0 aliphatic heterocycles. The van der Waals surface area contributed by atoms with Crippen LogP contribution in [0.25, 0.3) is 0 Å². The van der Waals surface area contributed by atoms with E-state index < -0.39 is 21.4 Å². The summed E-state index contributed by atoms with van der Waals surface area (Å²) in [5, 5.41) is 0. The molecule has 19 heavy (non-hydrogen) atoms. The second-order valence-electron chi connectivity index (χ2n) is 5.05. The number of halogens is 1. The number of nitrogens with one attached hydrogen (secondary N) is 1. The normalized spacial score (nSPS) is 17.8. The highest BCUT2D eigenvalue weighted by Gasteiger charge is 2.36. The minimum atomic E-state index is -3.77. The van der Waals surface area contributed by atoms with Crippen molar-refractivity contribution in [2.75, 3.05) is 12.8 Å². The minimum Gasteiger partial charge on any atom is -0.492 e. The van der Waals surface area contributed by atoms with Gasteiger partial charge >= 0.3 is 0 Å². The van der Waals surface area contributed by atoms with E-state index in [0.29, 0.717) is 0 Å². The first-order chi connectivity index (χ1) is 8.77. The molecule has 0 amide bonds. The Labute approximate surface area is 112 Å². The average molecular weight is 288 g/mol. The van der Waals surface area contributed by atoms with Crippen LogP contribution in [-0.2, 0) is 10.0 Å². The highest BCUT2D eigenvalue weighted by atomic mass is 32.2. The van der Waals surface area contributed by atoms with Crippen molar-refractivity contribution in [2.45, 2.75) is 36.6 Å².